The summed E-state index contributed by atoms with van der Waals surface area (Å²) in [6.07, 6.45) is 3.18. The van der Waals surface area contributed by atoms with Crippen LogP contribution in [0, 0.1) is 0 Å². The van der Waals surface area contributed by atoms with E-state index in [0.717, 1.165) is 19.3 Å². The minimum absolute atomic E-state index is 0.250. The molecule has 0 bridgehead atoms. The summed E-state index contributed by atoms with van der Waals surface area (Å²) in [7, 11) is -3.77. The average Bonchev–Trinajstić information content (AvgIpc) is 1.95. The molecule has 12 heavy (non-hydrogen) atoms. The molecule has 0 saturated carbocycles. The van der Waals surface area contributed by atoms with Crippen LogP contribution in [0.1, 0.15) is 39.5 Å². The summed E-state index contributed by atoms with van der Waals surface area (Å²) >= 11 is 0. The number of rotatable bonds is 6. The minimum Gasteiger partial charge on any atom is -0.255 e. The van der Waals surface area contributed by atoms with Gasteiger partial charge in [-0.25, -0.2) is 5.14 Å². The lowest BCUT2D eigenvalue weighted by Gasteiger charge is -2.12. The van der Waals surface area contributed by atoms with Gasteiger partial charge in [-0.2, -0.15) is 8.42 Å². The van der Waals surface area contributed by atoms with Crippen LogP contribution in [-0.4, -0.2) is 14.5 Å². The molecule has 0 radical (unpaired) electrons. The molecule has 0 aliphatic rings. The molecule has 0 fully saturated rings. The van der Waals surface area contributed by atoms with Gasteiger partial charge in [0.05, 0.1) is 6.10 Å². The third kappa shape index (κ3) is 6.57. The summed E-state index contributed by atoms with van der Waals surface area (Å²) in [4.78, 5) is 0. The van der Waals surface area contributed by atoms with Crippen molar-refractivity contribution in [1.82, 2.24) is 0 Å². The van der Waals surface area contributed by atoms with Crippen molar-refractivity contribution in [1.29, 1.82) is 0 Å². The Bertz CT molecular complexity index is 201. The summed E-state index contributed by atoms with van der Waals surface area (Å²) in [5, 5.41) is 4.73. The summed E-state index contributed by atoms with van der Waals surface area (Å²) in [5.74, 6) is 0. The molecule has 0 amide bonds. The minimum atomic E-state index is -3.77. The molecule has 0 aliphatic heterocycles. The molecular weight excluding hydrogens is 178 g/mol. The van der Waals surface area contributed by atoms with Crippen molar-refractivity contribution in [3.05, 3.63) is 0 Å². The lowest BCUT2D eigenvalue weighted by molar-refractivity contribution is 0.191. The smallest absolute Gasteiger partial charge is 0.255 e. The number of nitrogens with two attached hydrogens (primary N) is 1. The van der Waals surface area contributed by atoms with Crippen molar-refractivity contribution >= 4 is 10.3 Å². The monoisotopic (exact) mass is 195 g/mol. The van der Waals surface area contributed by atoms with Crippen molar-refractivity contribution in [3.8, 4) is 0 Å². The van der Waals surface area contributed by atoms with Crippen molar-refractivity contribution in [3.63, 3.8) is 0 Å². The Morgan fingerprint density at radius 1 is 1.42 bits per heavy atom. The Balaban J connectivity index is 3.83. The molecule has 0 rings (SSSR count). The summed E-state index contributed by atoms with van der Waals surface area (Å²) in [6.45, 7) is 3.93. The fourth-order valence-corrected chi connectivity index (χ4v) is 1.55. The highest BCUT2D eigenvalue weighted by molar-refractivity contribution is 7.84. The van der Waals surface area contributed by atoms with Gasteiger partial charge in [-0.15, -0.1) is 0 Å². The second-order valence-electron chi connectivity index (χ2n) is 2.76. The molecule has 0 aromatic heterocycles. The van der Waals surface area contributed by atoms with E-state index in [9.17, 15) is 8.42 Å². The van der Waals surface area contributed by atoms with Crippen LogP contribution < -0.4 is 5.14 Å². The predicted molar refractivity (Wildman–Crippen MR) is 47.8 cm³/mol. The molecule has 5 heteroatoms. The van der Waals surface area contributed by atoms with Crippen LogP contribution in [0.4, 0.5) is 0 Å². The maximum absolute atomic E-state index is 10.5. The molecule has 0 spiro atoms. The molecule has 2 N–H and O–H groups in total. The largest absolute Gasteiger partial charge is 0.333 e. The Morgan fingerprint density at radius 3 is 2.33 bits per heavy atom. The van der Waals surface area contributed by atoms with Crippen molar-refractivity contribution < 1.29 is 12.6 Å². The fraction of sp³-hybridized carbons (Fsp3) is 1.00. The van der Waals surface area contributed by atoms with Gasteiger partial charge in [0.25, 0.3) is 0 Å². The molecule has 0 heterocycles. The Labute approximate surface area is 74.4 Å². The van der Waals surface area contributed by atoms with Gasteiger partial charge < -0.3 is 0 Å². The van der Waals surface area contributed by atoms with E-state index in [4.69, 9.17) is 5.14 Å². The highest BCUT2D eigenvalue weighted by Crippen LogP contribution is 2.09. The lowest BCUT2D eigenvalue weighted by Crippen LogP contribution is -2.23. The van der Waals surface area contributed by atoms with Gasteiger partial charge in [-0.3, -0.25) is 4.18 Å². The van der Waals surface area contributed by atoms with Gasteiger partial charge >= 0.3 is 10.3 Å². The molecule has 74 valence electrons. The molecule has 1 atom stereocenters. The van der Waals surface area contributed by atoms with Gasteiger partial charge in [0.1, 0.15) is 0 Å². The average molecular weight is 195 g/mol. The van der Waals surface area contributed by atoms with E-state index >= 15 is 0 Å². The third-order valence-corrected chi connectivity index (χ3v) is 2.15. The van der Waals surface area contributed by atoms with E-state index in [1.165, 1.54) is 0 Å². The SMILES string of the molecule is CCCCC(CC)OS(N)(=O)=O. The number of hydrogen-bond acceptors (Lipinski definition) is 3. The van der Waals surface area contributed by atoms with Crippen LogP contribution in [0.5, 0.6) is 0 Å². The zero-order valence-electron chi connectivity index (χ0n) is 7.62. The molecule has 0 saturated heterocycles. The van der Waals surface area contributed by atoms with Crippen LogP contribution in [0.3, 0.4) is 0 Å². The Morgan fingerprint density at radius 2 is 2.00 bits per heavy atom. The number of unbranched alkanes of at least 4 members (excludes halogenated alkanes) is 1. The van der Waals surface area contributed by atoms with Crippen molar-refractivity contribution in [2.24, 2.45) is 5.14 Å². The quantitative estimate of drug-likeness (QED) is 0.691. The van der Waals surface area contributed by atoms with Gasteiger partial charge in [0, 0.05) is 0 Å². The van der Waals surface area contributed by atoms with Gasteiger partial charge in [0.2, 0.25) is 0 Å². The molecule has 1 unspecified atom stereocenters. The first-order chi connectivity index (χ1) is 5.49. The van der Waals surface area contributed by atoms with Crippen LogP contribution in [0.25, 0.3) is 0 Å². The van der Waals surface area contributed by atoms with Crippen LogP contribution in [0.2, 0.25) is 0 Å². The third-order valence-electron chi connectivity index (χ3n) is 1.61. The van der Waals surface area contributed by atoms with Crippen LogP contribution in [-0.2, 0) is 14.5 Å². The topological polar surface area (TPSA) is 69.4 Å². The van der Waals surface area contributed by atoms with Gasteiger partial charge in [-0.05, 0) is 12.8 Å². The van der Waals surface area contributed by atoms with Gasteiger partial charge in [-0.1, -0.05) is 26.7 Å². The predicted octanol–water partition coefficient (Wildman–Crippen LogP) is 1.18. The molecule has 4 nitrogen and oxygen atoms in total. The van der Waals surface area contributed by atoms with Crippen LogP contribution >= 0.6 is 0 Å². The summed E-state index contributed by atoms with van der Waals surface area (Å²) in [5.41, 5.74) is 0. The molecule has 0 aliphatic carbocycles. The fourth-order valence-electron chi connectivity index (χ4n) is 0.942. The first-order valence-electron chi connectivity index (χ1n) is 4.20. The zero-order chi connectivity index (χ0) is 9.61. The normalized spacial score (nSPS) is 14.6. The highest BCUT2D eigenvalue weighted by Gasteiger charge is 2.12. The van der Waals surface area contributed by atoms with E-state index in [1.807, 2.05) is 13.8 Å². The Kier molecular flexibility index (Phi) is 5.44. The van der Waals surface area contributed by atoms with E-state index in [0.29, 0.717) is 6.42 Å². The van der Waals surface area contributed by atoms with E-state index < -0.39 is 10.3 Å². The van der Waals surface area contributed by atoms with Crippen LogP contribution in [0.15, 0.2) is 0 Å². The Hall–Kier alpha value is -0.130. The van der Waals surface area contributed by atoms with Crippen molar-refractivity contribution in [2.75, 3.05) is 0 Å². The van der Waals surface area contributed by atoms with E-state index in [2.05, 4.69) is 4.18 Å². The van der Waals surface area contributed by atoms with Crippen molar-refractivity contribution in [2.45, 2.75) is 45.6 Å². The molecular formula is C7H17NO3S. The standard InChI is InChI=1S/C7H17NO3S/c1-3-5-6-7(4-2)11-12(8,9)10/h7H,3-6H2,1-2H3,(H2,8,9,10). The number of hydrogen-bond donors (Lipinski definition) is 1. The maximum Gasteiger partial charge on any atom is 0.333 e. The molecule has 0 aromatic rings. The van der Waals surface area contributed by atoms with Gasteiger partial charge in [0.15, 0.2) is 0 Å². The second kappa shape index (κ2) is 5.50. The zero-order valence-corrected chi connectivity index (χ0v) is 8.43. The second-order valence-corrected chi connectivity index (χ2v) is 3.94. The highest BCUT2D eigenvalue weighted by atomic mass is 32.2. The first kappa shape index (κ1) is 11.9. The molecule has 0 aromatic carbocycles. The maximum atomic E-state index is 10.5. The van der Waals surface area contributed by atoms with E-state index in [1.54, 1.807) is 0 Å². The summed E-state index contributed by atoms with van der Waals surface area (Å²) in [6, 6.07) is 0. The lowest BCUT2D eigenvalue weighted by atomic mass is 10.1. The summed E-state index contributed by atoms with van der Waals surface area (Å²) < 4.78 is 25.7. The van der Waals surface area contributed by atoms with E-state index in [-0.39, 0.29) is 6.10 Å². The first-order valence-corrected chi connectivity index (χ1v) is 5.67.